The second kappa shape index (κ2) is 5.20. The first kappa shape index (κ1) is 13.4. The molecule has 0 radical (unpaired) electrons. The van der Waals surface area contributed by atoms with Crippen LogP contribution in [0.4, 0.5) is 5.95 Å². The fourth-order valence-electron chi connectivity index (χ4n) is 2.54. The van der Waals surface area contributed by atoms with Gasteiger partial charge in [-0.3, -0.25) is 10.1 Å². The van der Waals surface area contributed by atoms with E-state index in [0.717, 1.165) is 23.1 Å². The molecule has 0 atom stereocenters. The van der Waals surface area contributed by atoms with E-state index in [0.29, 0.717) is 17.0 Å². The topological polar surface area (TPSA) is 88.5 Å². The number of hydrogen-bond donors (Lipinski definition) is 2. The summed E-state index contributed by atoms with van der Waals surface area (Å²) in [5.41, 5.74) is 3.81. The molecule has 4 aromatic rings. The lowest BCUT2D eigenvalue weighted by Crippen LogP contribution is -2.12. The minimum absolute atomic E-state index is 0.239. The van der Waals surface area contributed by atoms with Crippen molar-refractivity contribution < 1.29 is 4.79 Å². The number of nitrogens with one attached hydrogen (secondary N) is 2. The Kier molecular flexibility index (Phi) is 3.04. The molecule has 7 heteroatoms. The summed E-state index contributed by atoms with van der Waals surface area (Å²) in [5, 5.41) is 10.9. The largest absolute Gasteiger partial charge is 0.324 e. The van der Waals surface area contributed by atoms with Crippen LogP contribution in [0, 0.1) is 0 Å². The van der Waals surface area contributed by atoms with Gasteiger partial charge in [0.1, 0.15) is 5.52 Å². The Labute approximate surface area is 131 Å². The van der Waals surface area contributed by atoms with Crippen LogP contribution in [0.3, 0.4) is 0 Å². The fraction of sp³-hybridized carbons (Fsp3) is 0.125. The molecule has 0 saturated heterocycles. The molecule has 0 fully saturated rings. The van der Waals surface area contributed by atoms with Gasteiger partial charge in [-0.15, -0.1) is 5.10 Å². The van der Waals surface area contributed by atoms with E-state index in [2.05, 4.69) is 25.6 Å². The van der Waals surface area contributed by atoms with Gasteiger partial charge < -0.3 is 4.98 Å². The molecule has 0 spiro atoms. The molecule has 2 aromatic heterocycles. The number of aryl methyl sites for hydroxylation is 1. The molecular weight excluding hydrogens is 292 g/mol. The normalized spacial score (nSPS) is 11.2. The first-order valence-corrected chi connectivity index (χ1v) is 7.34. The third-order valence-electron chi connectivity index (χ3n) is 3.70. The number of imidazole rings is 1. The third-order valence-corrected chi connectivity index (χ3v) is 3.70. The molecule has 0 aliphatic rings. The lowest BCUT2D eigenvalue weighted by atomic mass is 10.2. The van der Waals surface area contributed by atoms with Crippen molar-refractivity contribution in [2.45, 2.75) is 13.5 Å². The summed E-state index contributed by atoms with van der Waals surface area (Å²) in [4.78, 5) is 19.8. The highest BCUT2D eigenvalue weighted by molar-refractivity contribution is 6.05. The maximum atomic E-state index is 12.4. The van der Waals surface area contributed by atoms with Crippen LogP contribution in [-0.4, -0.2) is 30.9 Å². The predicted octanol–water partition coefficient (Wildman–Crippen LogP) is 2.58. The van der Waals surface area contributed by atoms with Crippen LogP contribution in [0.2, 0.25) is 0 Å². The minimum Gasteiger partial charge on any atom is -0.324 e. The van der Waals surface area contributed by atoms with Crippen LogP contribution in [0.25, 0.3) is 22.1 Å². The molecule has 2 aromatic carbocycles. The van der Waals surface area contributed by atoms with E-state index in [1.807, 2.05) is 37.3 Å². The summed E-state index contributed by atoms with van der Waals surface area (Å²) in [6.45, 7) is 2.73. The van der Waals surface area contributed by atoms with Crippen LogP contribution in [-0.2, 0) is 6.54 Å². The molecule has 0 bridgehead atoms. The highest BCUT2D eigenvalue weighted by atomic mass is 16.1. The number of amides is 1. The Hall–Kier alpha value is -3.22. The van der Waals surface area contributed by atoms with Crippen LogP contribution < -0.4 is 5.32 Å². The molecule has 114 valence electrons. The summed E-state index contributed by atoms with van der Waals surface area (Å²) in [5.74, 6) is 0.186. The van der Waals surface area contributed by atoms with Crippen LogP contribution >= 0.6 is 0 Å². The SMILES string of the molecule is CCn1nnc2cc(C(=O)Nc3nc4ccccc4[nH]3)ccc21. The Morgan fingerprint density at radius 2 is 2.09 bits per heavy atom. The second-order valence-electron chi connectivity index (χ2n) is 5.17. The number of benzene rings is 2. The van der Waals surface area contributed by atoms with E-state index in [9.17, 15) is 4.79 Å². The zero-order valence-electron chi connectivity index (χ0n) is 12.4. The Balaban J connectivity index is 1.63. The number of carbonyl (C=O) groups excluding carboxylic acids is 1. The van der Waals surface area contributed by atoms with Crippen molar-refractivity contribution in [2.24, 2.45) is 0 Å². The summed E-state index contributed by atoms with van der Waals surface area (Å²) < 4.78 is 1.79. The van der Waals surface area contributed by atoms with E-state index in [4.69, 9.17) is 0 Å². The van der Waals surface area contributed by atoms with Gasteiger partial charge in [-0.25, -0.2) is 9.67 Å². The molecular formula is C16H14N6O. The van der Waals surface area contributed by atoms with Gasteiger partial charge >= 0.3 is 0 Å². The lowest BCUT2D eigenvalue weighted by molar-refractivity contribution is 0.102. The first-order valence-electron chi connectivity index (χ1n) is 7.34. The van der Waals surface area contributed by atoms with Gasteiger partial charge in [0.2, 0.25) is 5.95 Å². The zero-order chi connectivity index (χ0) is 15.8. The minimum atomic E-state index is -0.239. The Bertz CT molecular complexity index is 983. The molecule has 7 nitrogen and oxygen atoms in total. The van der Waals surface area contributed by atoms with Crippen LogP contribution in [0.5, 0.6) is 0 Å². The molecule has 23 heavy (non-hydrogen) atoms. The van der Waals surface area contributed by atoms with Crippen molar-refractivity contribution in [1.82, 2.24) is 25.0 Å². The van der Waals surface area contributed by atoms with Crippen LogP contribution in [0.1, 0.15) is 17.3 Å². The number of fused-ring (bicyclic) bond motifs is 2. The zero-order valence-corrected chi connectivity index (χ0v) is 12.4. The lowest BCUT2D eigenvalue weighted by Gasteiger charge is -2.02. The molecule has 0 aliphatic carbocycles. The van der Waals surface area contributed by atoms with Gasteiger partial charge in [-0.1, -0.05) is 17.3 Å². The van der Waals surface area contributed by atoms with E-state index in [1.165, 1.54) is 0 Å². The van der Waals surface area contributed by atoms with Gasteiger partial charge in [0, 0.05) is 12.1 Å². The Morgan fingerprint density at radius 3 is 2.91 bits per heavy atom. The van der Waals surface area contributed by atoms with Crippen LogP contribution in [0.15, 0.2) is 42.5 Å². The standard InChI is InChI=1S/C16H14N6O/c1-2-22-14-8-7-10(9-13(14)20-21-22)15(23)19-16-17-11-5-3-4-6-12(11)18-16/h3-9H,2H2,1H3,(H2,17,18,19,23). The van der Waals surface area contributed by atoms with Gasteiger partial charge in [0.05, 0.1) is 16.6 Å². The van der Waals surface area contributed by atoms with E-state index in [-0.39, 0.29) is 5.91 Å². The van der Waals surface area contributed by atoms with Gasteiger partial charge in [0.25, 0.3) is 5.91 Å². The number of H-pyrrole nitrogens is 1. The fourth-order valence-corrected chi connectivity index (χ4v) is 2.54. The number of aromatic amines is 1. The summed E-state index contributed by atoms with van der Waals surface area (Å²) in [7, 11) is 0. The van der Waals surface area contributed by atoms with Crippen molar-refractivity contribution in [1.29, 1.82) is 0 Å². The summed E-state index contributed by atoms with van der Waals surface area (Å²) in [6, 6.07) is 13.0. The molecule has 0 unspecified atom stereocenters. The van der Waals surface area contributed by atoms with Gasteiger partial charge in [0.15, 0.2) is 0 Å². The van der Waals surface area contributed by atoms with Crippen molar-refractivity contribution in [3.05, 3.63) is 48.0 Å². The maximum absolute atomic E-state index is 12.4. The number of nitrogens with zero attached hydrogens (tertiary/aromatic N) is 4. The van der Waals surface area contributed by atoms with Crippen molar-refractivity contribution in [2.75, 3.05) is 5.32 Å². The summed E-state index contributed by atoms with van der Waals surface area (Å²) in [6.07, 6.45) is 0. The number of carbonyl (C=O) groups is 1. The predicted molar refractivity (Wildman–Crippen MR) is 87.2 cm³/mol. The smallest absolute Gasteiger partial charge is 0.258 e. The number of rotatable bonds is 3. The average Bonchev–Trinajstić information content (AvgIpc) is 3.16. The Morgan fingerprint density at radius 1 is 1.22 bits per heavy atom. The molecule has 0 saturated carbocycles. The average molecular weight is 306 g/mol. The van der Waals surface area contributed by atoms with E-state index >= 15 is 0 Å². The third kappa shape index (κ3) is 2.32. The quantitative estimate of drug-likeness (QED) is 0.609. The van der Waals surface area contributed by atoms with Crippen molar-refractivity contribution >= 4 is 33.9 Å². The second-order valence-corrected chi connectivity index (χ2v) is 5.17. The number of hydrogen-bond acceptors (Lipinski definition) is 4. The van der Waals surface area contributed by atoms with Crippen molar-refractivity contribution in [3.8, 4) is 0 Å². The van der Waals surface area contributed by atoms with Gasteiger partial charge in [-0.2, -0.15) is 0 Å². The molecule has 2 N–H and O–H groups in total. The highest BCUT2D eigenvalue weighted by Crippen LogP contribution is 2.16. The number of para-hydroxylation sites is 2. The molecule has 0 aliphatic heterocycles. The summed E-state index contributed by atoms with van der Waals surface area (Å²) >= 11 is 0. The van der Waals surface area contributed by atoms with Gasteiger partial charge in [-0.05, 0) is 37.3 Å². The highest BCUT2D eigenvalue weighted by Gasteiger charge is 2.12. The monoisotopic (exact) mass is 306 g/mol. The number of anilines is 1. The van der Waals surface area contributed by atoms with Crippen molar-refractivity contribution in [3.63, 3.8) is 0 Å². The molecule has 2 heterocycles. The van der Waals surface area contributed by atoms with E-state index < -0.39 is 0 Å². The maximum Gasteiger partial charge on any atom is 0.258 e. The molecule has 1 amide bonds. The number of aromatic nitrogens is 5. The van der Waals surface area contributed by atoms with E-state index in [1.54, 1.807) is 16.8 Å². The first-order chi connectivity index (χ1) is 11.2. The molecule has 4 rings (SSSR count).